The van der Waals surface area contributed by atoms with Crippen LogP contribution in [-0.4, -0.2) is 24.0 Å². The number of rotatable bonds is 11. The first kappa shape index (κ1) is 20.4. The number of anilines is 2. The fraction of sp³-hybridized carbons (Fsp3) is 0.524. The van der Waals surface area contributed by atoms with Gasteiger partial charge in [-0.3, -0.25) is 4.79 Å². The van der Waals surface area contributed by atoms with Crippen LogP contribution >= 0.6 is 11.3 Å². The number of thiazole rings is 1. The first-order valence-electron chi connectivity index (χ1n) is 9.78. The Kier molecular flexibility index (Phi) is 8.62. The standard InChI is InChI=1S/C21H31N3OS/c1-4-7-8-9-10-11-20(25)22-18-14-12-17(13-15-18)19-16-26-21(23-19)24(5-2)6-3/h12-16H,4-11H2,1-3H3,(H,22,25). The summed E-state index contributed by atoms with van der Waals surface area (Å²) in [5.41, 5.74) is 2.93. The number of benzene rings is 1. The van der Waals surface area contributed by atoms with E-state index < -0.39 is 0 Å². The van der Waals surface area contributed by atoms with Crippen LogP contribution in [0.1, 0.15) is 59.3 Å². The van der Waals surface area contributed by atoms with Crippen molar-refractivity contribution >= 4 is 28.1 Å². The molecule has 0 bridgehead atoms. The van der Waals surface area contributed by atoms with Crippen LogP contribution in [0.4, 0.5) is 10.8 Å². The second-order valence-electron chi connectivity index (χ2n) is 6.48. The summed E-state index contributed by atoms with van der Waals surface area (Å²) in [6.45, 7) is 8.42. The van der Waals surface area contributed by atoms with Crippen LogP contribution in [0.5, 0.6) is 0 Å². The molecule has 1 N–H and O–H groups in total. The molecular weight excluding hydrogens is 342 g/mol. The number of hydrogen-bond donors (Lipinski definition) is 1. The molecule has 0 spiro atoms. The second-order valence-corrected chi connectivity index (χ2v) is 7.31. The summed E-state index contributed by atoms with van der Waals surface area (Å²) in [7, 11) is 0. The van der Waals surface area contributed by atoms with E-state index in [-0.39, 0.29) is 5.91 Å². The topological polar surface area (TPSA) is 45.2 Å². The Labute approximate surface area is 161 Å². The molecule has 0 radical (unpaired) electrons. The maximum Gasteiger partial charge on any atom is 0.224 e. The van der Waals surface area contributed by atoms with Crippen LogP contribution in [0.3, 0.4) is 0 Å². The van der Waals surface area contributed by atoms with Gasteiger partial charge in [-0.05, 0) is 32.4 Å². The molecule has 0 saturated heterocycles. The zero-order valence-corrected chi connectivity index (χ0v) is 17.1. The van der Waals surface area contributed by atoms with Crippen molar-refractivity contribution in [2.24, 2.45) is 0 Å². The molecule has 5 heteroatoms. The molecule has 1 aromatic carbocycles. The summed E-state index contributed by atoms with van der Waals surface area (Å²) in [6, 6.07) is 7.97. The number of amides is 1. The van der Waals surface area contributed by atoms with Crippen molar-refractivity contribution in [1.29, 1.82) is 0 Å². The lowest BCUT2D eigenvalue weighted by Crippen LogP contribution is -2.21. The molecule has 1 heterocycles. The van der Waals surface area contributed by atoms with Gasteiger partial charge < -0.3 is 10.2 Å². The molecule has 0 saturated carbocycles. The fourth-order valence-electron chi connectivity index (χ4n) is 2.87. The van der Waals surface area contributed by atoms with E-state index in [1.807, 2.05) is 24.3 Å². The van der Waals surface area contributed by atoms with Gasteiger partial charge in [0.1, 0.15) is 0 Å². The Morgan fingerprint density at radius 2 is 1.73 bits per heavy atom. The first-order valence-corrected chi connectivity index (χ1v) is 10.7. The van der Waals surface area contributed by atoms with E-state index in [2.05, 4.69) is 36.4 Å². The molecule has 0 aliphatic heterocycles. The van der Waals surface area contributed by atoms with Crippen molar-refractivity contribution in [2.75, 3.05) is 23.3 Å². The minimum absolute atomic E-state index is 0.103. The first-order chi connectivity index (χ1) is 12.7. The molecule has 1 aromatic heterocycles. The molecular formula is C21H31N3OS. The van der Waals surface area contributed by atoms with Gasteiger partial charge in [-0.15, -0.1) is 11.3 Å². The van der Waals surface area contributed by atoms with Crippen molar-refractivity contribution in [3.63, 3.8) is 0 Å². The largest absolute Gasteiger partial charge is 0.349 e. The van der Waals surface area contributed by atoms with Gasteiger partial charge in [-0.25, -0.2) is 4.98 Å². The van der Waals surface area contributed by atoms with Crippen molar-refractivity contribution in [1.82, 2.24) is 4.98 Å². The molecule has 4 nitrogen and oxygen atoms in total. The van der Waals surface area contributed by atoms with Crippen LogP contribution in [0, 0.1) is 0 Å². The summed E-state index contributed by atoms with van der Waals surface area (Å²) in [4.78, 5) is 19.0. The van der Waals surface area contributed by atoms with Crippen LogP contribution < -0.4 is 10.2 Å². The van der Waals surface area contributed by atoms with Crippen molar-refractivity contribution < 1.29 is 4.79 Å². The molecule has 2 rings (SSSR count). The highest BCUT2D eigenvalue weighted by Gasteiger charge is 2.09. The van der Waals surface area contributed by atoms with Crippen LogP contribution in [-0.2, 0) is 4.79 Å². The van der Waals surface area contributed by atoms with E-state index >= 15 is 0 Å². The zero-order valence-electron chi connectivity index (χ0n) is 16.3. The van der Waals surface area contributed by atoms with E-state index in [4.69, 9.17) is 4.98 Å². The molecule has 0 aliphatic carbocycles. The zero-order chi connectivity index (χ0) is 18.8. The van der Waals surface area contributed by atoms with Crippen LogP contribution in [0.15, 0.2) is 29.6 Å². The normalized spacial score (nSPS) is 10.7. The van der Waals surface area contributed by atoms with Gasteiger partial charge in [0.25, 0.3) is 0 Å². The molecule has 142 valence electrons. The third kappa shape index (κ3) is 6.13. The van der Waals surface area contributed by atoms with Crippen LogP contribution in [0.25, 0.3) is 11.3 Å². The number of hydrogen-bond acceptors (Lipinski definition) is 4. The Balaban J connectivity index is 1.87. The quantitative estimate of drug-likeness (QED) is 0.495. The van der Waals surface area contributed by atoms with E-state index in [0.29, 0.717) is 6.42 Å². The van der Waals surface area contributed by atoms with Gasteiger partial charge in [0, 0.05) is 36.1 Å². The van der Waals surface area contributed by atoms with Gasteiger partial charge >= 0.3 is 0 Å². The predicted octanol–water partition coefficient (Wildman–Crippen LogP) is 5.96. The third-order valence-corrected chi connectivity index (χ3v) is 5.40. The van der Waals surface area contributed by atoms with E-state index in [0.717, 1.165) is 48.0 Å². The average Bonchev–Trinajstić information content (AvgIpc) is 3.13. The number of carbonyl (C=O) groups is 1. The maximum absolute atomic E-state index is 12.0. The summed E-state index contributed by atoms with van der Waals surface area (Å²) >= 11 is 1.68. The number of carbonyl (C=O) groups excluding carboxylic acids is 1. The predicted molar refractivity (Wildman–Crippen MR) is 113 cm³/mol. The third-order valence-electron chi connectivity index (χ3n) is 4.50. The summed E-state index contributed by atoms with van der Waals surface area (Å²) in [6.07, 6.45) is 6.42. The SMILES string of the molecule is CCCCCCCC(=O)Nc1ccc(-c2csc(N(CC)CC)n2)cc1. The molecule has 0 aliphatic rings. The fourth-order valence-corrected chi connectivity index (χ4v) is 3.84. The van der Waals surface area contributed by atoms with E-state index in [9.17, 15) is 4.79 Å². The van der Waals surface area contributed by atoms with Gasteiger partial charge in [-0.1, -0.05) is 44.7 Å². The van der Waals surface area contributed by atoms with E-state index in [1.54, 1.807) is 11.3 Å². The van der Waals surface area contributed by atoms with Crippen molar-refractivity contribution in [2.45, 2.75) is 59.3 Å². The Hall–Kier alpha value is -1.88. The van der Waals surface area contributed by atoms with E-state index in [1.165, 1.54) is 19.3 Å². The number of aromatic nitrogens is 1. The number of unbranched alkanes of at least 4 members (excludes halogenated alkanes) is 4. The maximum atomic E-state index is 12.0. The van der Waals surface area contributed by atoms with Gasteiger partial charge in [-0.2, -0.15) is 0 Å². The lowest BCUT2D eigenvalue weighted by atomic mass is 10.1. The second kappa shape index (κ2) is 11.0. The lowest BCUT2D eigenvalue weighted by Gasteiger charge is -2.16. The van der Waals surface area contributed by atoms with Gasteiger partial charge in [0.15, 0.2) is 5.13 Å². The highest BCUT2D eigenvalue weighted by Crippen LogP contribution is 2.28. The van der Waals surface area contributed by atoms with Crippen molar-refractivity contribution in [3.8, 4) is 11.3 Å². The highest BCUT2D eigenvalue weighted by molar-refractivity contribution is 7.14. The summed E-state index contributed by atoms with van der Waals surface area (Å²) in [5, 5.41) is 6.14. The average molecular weight is 374 g/mol. The minimum atomic E-state index is 0.103. The monoisotopic (exact) mass is 373 g/mol. The Morgan fingerprint density at radius 1 is 1.04 bits per heavy atom. The number of nitrogens with one attached hydrogen (secondary N) is 1. The minimum Gasteiger partial charge on any atom is -0.349 e. The molecule has 0 fully saturated rings. The number of nitrogens with zero attached hydrogens (tertiary/aromatic N) is 2. The summed E-state index contributed by atoms with van der Waals surface area (Å²) < 4.78 is 0. The molecule has 0 atom stereocenters. The Morgan fingerprint density at radius 3 is 2.38 bits per heavy atom. The summed E-state index contributed by atoms with van der Waals surface area (Å²) in [5.74, 6) is 0.103. The van der Waals surface area contributed by atoms with Crippen molar-refractivity contribution in [3.05, 3.63) is 29.6 Å². The highest BCUT2D eigenvalue weighted by atomic mass is 32.1. The lowest BCUT2D eigenvalue weighted by molar-refractivity contribution is -0.116. The molecule has 0 unspecified atom stereocenters. The molecule has 26 heavy (non-hydrogen) atoms. The Bertz CT molecular complexity index is 662. The molecule has 2 aromatic rings. The van der Waals surface area contributed by atoms with Gasteiger partial charge in [0.05, 0.1) is 5.69 Å². The smallest absolute Gasteiger partial charge is 0.224 e. The molecule has 1 amide bonds. The van der Waals surface area contributed by atoms with Crippen LogP contribution in [0.2, 0.25) is 0 Å². The van der Waals surface area contributed by atoms with Gasteiger partial charge in [0.2, 0.25) is 5.91 Å².